The summed E-state index contributed by atoms with van der Waals surface area (Å²) in [6.07, 6.45) is 0.716. The second kappa shape index (κ2) is 9.57. The van der Waals surface area contributed by atoms with E-state index in [1.165, 1.54) is 6.92 Å². The molecule has 6 nitrogen and oxygen atoms in total. The van der Waals surface area contributed by atoms with Crippen molar-refractivity contribution in [2.24, 2.45) is 0 Å². The molecule has 0 amide bonds. The van der Waals surface area contributed by atoms with Crippen molar-refractivity contribution in [3.05, 3.63) is 60.2 Å². The number of carbonyl (C=O) groups excluding carboxylic acids is 1. The average molecular weight is 386 g/mol. The minimum absolute atomic E-state index is 0.298. The second-order valence-corrected chi connectivity index (χ2v) is 6.82. The highest BCUT2D eigenvalue weighted by molar-refractivity contribution is 5.66. The van der Waals surface area contributed by atoms with Gasteiger partial charge in [-0.05, 0) is 36.2 Å². The zero-order chi connectivity index (χ0) is 19.8. The summed E-state index contributed by atoms with van der Waals surface area (Å²) in [6, 6.07) is 17.3. The Balaban J connectivity index is 1.61. The molecule has 28 heavy (non-hydrogen) atoms. The predicted molar refractivity (Wildman–Crippen MR) is 103 cm³/mol. The first-order valence-corrected chi connectivity index (χ1v) is 9.32. The number of methoxy groups -OCH3 is 1. The molecule has 6 heteroatoms. The van der Waals surface area contributed by atoms with Gasteiger partial charge in [0.25, 0.3) is 0 Å². The van der Waals surface area contributed by atoms with Gasteiger partial charge in [0.05, 0.1) is 20.3 Å². The number of rotatable bonds is 9. The lowest BCUT2D eigenvalue weighted by molar-refractivity contribution is -0.199. The van der Waals surface area contributed by atoms with E-state index in [-0.39, 0.29) is 5.97 Å². The SMILES string of the molecule is COc1ccc(OCC2(COCc3ccccc3)CCC(OC(C)=O)O2)cc1. The summed E-state index contributed by atoms with van der Waals surface area (Å²) >= 11 is 0. The molecule has 150 valence electrons. The highest BCUT2D eigenvalue weighted by Gasteiger charge is 2.43. The van der Waals surface area contributed by atoms with Crippen molar-refractivity contribution in [2.45, 2.75) is 38.3 Å². The van der Waals surface area contributed by atoms with Gasteiger partial charge in [-0.25, -0.2) is 0 Å². The van der Waals surface area contributed by atoms with Crippen LogP contribution in [0.5, 0.6) is 11.5 Å². The summed E-state index contributed by atoms with van der Waals surface area (Å²) in [4.78, 5) is 11.3. The van der Waals surface area contributed by atoms with E-state index in [1.54, 1.807) is 7.11 Å². The van der Waals surface area contributed by atoms with Crippen LogP contribution >= 0.6 is 0 Å². The maximum atomic E-state index is 11.3. The molecule has 1 aliphatic rings. The number of esters is 1. The smallest absolute Gasteiger partial charge is 0.304 e. The van der Waals surface area contributed by atoms with Crippen molar-refractivity contribution in [3.63, 3.8) is 0 Å². The number of ether oxygens (including phenoxy) is 5. The Bertz CT molecular complexity index is 745. The molecule has 2 aromatic carbocycles. The monoisotopic (exact) mass is 386 g/mol. The van der Waals surface area contributed by atoms with E-state index in [4.69, 9.17) is 23.7 Å². The highest BCUT2D eigenvalue weighted by atomic mass is 16.7. The van der Waals surface area contributed by atoms with Crippen LogP contribution in [-0.4, -0.2) is 38.2 Å². The van der Waals surface area contributed by atoms with Gasteiger partial charge in [-0.1, -0.05) is 30.3 Å². The van der Waals surface area contributed by atoms with Crippen molar-refractivity contribution in [2.75, 3.05) is 20.3 Å². The van der Waals surface area contributed by atoms with Gasteiger partial charge in [-0.15, -0.1) is 0 Å². The number of hydrogen-bond acceptors (Lipinski definition) is 6. The first-order chi connectivity index (χ1) is 13.6. The van der Waals surface area contributed by atoms with E-state index >= 15 is 0 Å². The Labute approximate surface area is 165 Å². The Morgan fingerprint density at radius 3 is 2.46 bits per heavy atom. The van der Waals surface area contributed by atoms with Gasteiger partial charge < -0.3 is 23.7 Å². The van der Waals surface area contributed by atoms with Crippen molar-refractivity contribution in [1.82, 2.24) is 0 Å². The standard InChI is InChI=1S/C22H26O6/c1-17(23)27-21-12-13-22(28-21,15-25-14-18-6-4-3-5-7-18)16-26-20-10-8-19(24-2)9-11-20/h3-11,21H,12-16H2,1-2H3. The lowest BCUT2D eigenvalue weighted by Gasteiger charge is -2.29. The lowest BCUT2D eigenvalue weighted by atomic mass is 10.0. The van der Waals surface area contributed by atoms with Crippen LogP contribution in [0.4, 0.5) is 0 Å². The average Bonchev–Trinajstić information content (AvgIpc) is 3.10. The molecule has 0 aliphatic carbocycles. The molecule has 1 heterocycles. The molecule has 2 aromatic rings. The van der Waals surface area contributed by atoms with Crippen LogP contribution in [0.2, 0.25) is 0 Å². The van der Waals surface area contributed by atoms with E-state index < -0.39 is 11.9 Å². The zero-order valence-corrected chi connectivity index (χ0v) is 16.3. The van der Waals surface area contributed by atoms with Gasteiger partial charge in [0.1, 0.15) is 23.7 Å². The molecule has 3 rings (SSSR count). The topological polar surface area (TPSA) is 63.2 Å². The van der Waals surface area contributed by atoms with Crippen molar-refractivity contribution in [1.29, 1.82) is 0 Å². The fraction of sp³-hybridized carbons (Fsp3) is 0.409. The third kappa shape index (κ3) is 5.71. The third-order valence-corrected chi connectivity index (χ3v) is 4.55. The minimum Gasteiger partial charge on any atom is -0.497 e. The van der Waals surface area contributed by atoms with Crippen LogP contribution in [0.3, 0.4) is 0 Å². The van der Waals surface area contributed by atoms with Gasteiger partial charge >= 0.3 is 5.97 Å². The highest BCUT2D eigenvalue weighted by Crippen LogP contribution is 2.33. The van der Waals surface area contributed by atoms with Crippen molar-refractivity contribution < 1.29 is 28.5 Å². The maximum absolute atomic E-state index is 11.3. The van der Waals surface area contributed by atoms with Crippen LogP contribution in [0.1, 0.15) is 25.3 Å². The Hall–Kier alpha value is -2.57. The number of hydrogen-bond donors (Lipinski definition) is 0. The van der Waals surface area contributed by atoms with Crippen LogP contribution < -0.4 is 9.47 Å². The molecule has 0 bridgehead atoms. The molecular weight excluding hydrogens is 360 g/mol. The molecular formula is C22H26O6. The number of benzene rings is 2. The molecule has 1 fully saturated rings. The second-order valence-electron chi connectivity index (χ2n) is 6.82. The van der Waals surface area contributed by atoms with Gasteiger partial charge in [-0.3, -0.25) is 4.79 Å². The first kappa shape index (κ1) is 20.2. The summed E-state index contributed by atoms with van der Waals surface area (Å²) in [5.41, 5.74) is 0.415. The largest absolute Gasteiger partial charge is 0.497 e. The summed E-state index contributed by atoms with van der Waals surface area (Å²) in [5.74, 6) is 1.12. The molecule has 0 spiro atoms. The maximum Gasteiger partial charge on any atom is 0.304 e. The van der Waals surface area contributed by atoms with Crippen LogP contribution in [0, 0.1) is 0 Å². The summed E-state index contributed by atoms with van der Waals surface area (Å²) < 4.78 is 28.3. The molecule has 1 saturated heterocycles. The summed E-state index contributed by atoms with van der Waals surface area (Å²) in [6.45, 7) is 2.50. The molecule has 0 saturated carbocycles. The zero-order valence-electron chi connectivity index (χ0n) is 16.3. The van der Waals surface area contributed by atoms with Crippen LogP contribution in [0.15, 0.2) is 54.6 Å². The molecule has 2 unspecified atom stereocenters. The van der Waals surface area contributed by atoms with Crippen LogP contribution in [0.25, 0.3) is 0 Å². The van der Waals surface area contributed by atoms with Gasteiger partial charge in [-0.2, -0.15) is 0 Å². The number of carbonyl (C=O) groups is 1. The fourth-order valence-corrected chi connectivity index (χ4v) is 3.12. The molecule has 0 aromatic heterocycles. The molecule has 1 aliphatic heterocycles. The fourth-order valence-electron chi connectivity index (χ4n) is 3.12. The third-order valence-electron chi connectivity index (χ3n) is 4.55. The first-order valence-electron chi connectivity index (χ1n) is 9.32. The van der Waals surface area contributed by atoms with Crippen molar-refractivity contribution >= 4 is 5.97 Å². The Morgan fingerprint density at radius 1 is 1.07 bits per heavy atom. The Kier molecular flexibility index (Phi) is 6.90. The van der Waals surface area contributed by atoms with Gasteiger partial charge in [0.15, 0.2) is 0 Å². The lowest BCUT2D eigenvalue weighted by Crippen LogP contribution is -2.41. The van der Waals surface area contributed by atoms with Crippen LogP contribution in [-0.2, 0) is 25.6 Å². The summed E-state index contributed by atoms with van der Waals surface area (Å²) in [5, 5.41) is 0. The van der Waals surface area contributed by atoms with Gasteiger partial charge in [0, 0.05) is 13.3 Å². The molecule has 2 atom stereocenters. The Morgan fingerprint density at radius 2 is 1.79 bits per heavy atom. The van der Waals surface area contributed by atoms with Gasteiger partial charge in [0.2, 0.25) is 6.29 Å². The predicted octanol–water partition coefficient (Wildman–Crippen LogP) is 3.73. The van der Waals surface area contributed by atoms with E-state index in [9.17, 15) is 4.79 Å². The van der Waals surface area contributed by atoms with E-state index in [0.717, 1.165) is 11.3 Å². The minimum atomic E-state index is -0.672. The summed E-state index contributed by atoms with van der Waals surface area (Å²) in [7, 11) is 1.62. The molecule has 0 radical (unpaired) electrons. The van der Waals surface area contributed by atoms with E-state index in [0.29, 0.717) is 38.4 Å². The molecule has 0 N–H and O–H groups in total. The normalized spacial score (nSPS) is 21.3. The van der Waals surface area contributed by atoms with E-state index in [1.807, 2.05) is 54.6 Å². The van der Waals surface area contributed by atoms with E-state index in [2.05, 4.69) is 0 Å². The van der Waals surface area contributed by atoms with Crippen molar-refractivity contribution in [3.8, 4) is 11.5 Å². The quantitative estimate of drug-likeness (QED) is 0.612.